The van der Waals surface area contributed by atoms with E-state index in [1.165, 1.54) is 6.08 Å². The standard InChI is InChI=1S/C14H18ClNO4S/c1-3-10(2)13(14(17)18)16-21(19,20)9-8-11-4-6-12(15)7-5-11/h4-10,13,16H,3H2,1-2H3,(H,17,18)/b9-8+/t10-,13-/m0/s1. The van der Waals surface area contributed by atoms with Crippen molar-refractivity contribution in [3.63, 3.8) is 0 Å². The molecule has 0 radical (unpaired) electrons. The van der Waals surface area contributed by atoms with Gasteiger partial charge in [0.15, 0.2) is 0 Å². The fraction of sp³-hybridized carbons (Fsp3) is 0.357. The molecule has 2 N–H and O–H groups in total. The number of aliphatic carboxylic acids is 1. The maximum Gasteiger partial charge on any atom is 0.322 e. The third-order valence-electron chi connectivity index (χ3n) is 3.08. The quantitative estimate of drug-likeness (QED) is 0.804. The second-order valence-corrected chi connectivity index (χ2v) is 6.75. The molecular weight excluding hydrogens is 314 g/mol. The fourth-order valence-electron chi connectivity index (χ4n) is 1.60. The molecule has 7 heteroatoms. The van der Waals surface area contributed by atoms with E-state index in [-0.39, 0.29) is 5.92 Å². The van der Waals surface area contributed by atoms with Crippen molar-refractivity contribution in [1.82, 2.24) is 4.72 Å². The number of rotatable bonds is 7. The summed E-state index contributed by atoms with van der Waals surface area (Å²) >= 11 is 5.74. The Morgan fingerprint density at radius 3 is 2.43 bits per heavy atom. The van der Waals surface area contributed by atoms with Crippen molar-refractivity contribution in [1.29, 1.82) is 0 Å². The van der Waals surface area contributed by atoms with E-state index in [0.29, 0.717) is 17.0 Å². The average molecular weight is 332 g/mol. The Labute approximate surface area is 129 Å². The number of hydrogen-bond acceptors (Lipinski definition) is 3. The molecule has 0 aliphatic rings. The summed E-state index contributed by atoms with van der Waals surface area (Å²) in [6.45, 7) is 3.49. The minimum Gasteiger partial charge on any atom is -0.480 e. The molecule has 21 heavy (non-hydrogen) atoms. The number of carbonyl (C=O) groups is 1. The van der Waals surface area contributed by atoms with Crippen molar-refractivity contribution < 1.29 is 18.3 Å². The first kappa shape index (κ1) is 17.7. The Hall–Kier alpha value is -1.37. The van der Waals surface area contributed by atoms with Crippen LogP contribution in [0, 0.1) is 5.92 Å². The summed E-state index contributed by atoms with van der Waals surface area (Å²) in [5.41, 5.74) is 0.653. The Balaban J connectivity index is 2.85. The Kier molecular flexibility index (Phi) is 6.39. The largest absolute Gasteiger partial charge is 0.480 e. The average Bonchev–Trinajstić information content (AvgIpc) is 2.43. The maximum atomic E-state index is 11.9. The van der Waals surface area contributed by atoms with Crippen LogP contribution in [0.3, 0.4) is 0 Å². The molecule has 0 bridgehead atoms. The molecule has 2 atom stereocenters. The fourth-order valence-corrected chi connectivity index (χ4v) is 2.83. The van der Waals surface area contributed by atoms with Crippen molar-refractivity contribution in [3.05, 3.63) is 40.3 Å². The Morgan fingerprint density at radius 1 is 1.38 bits per heavy atom. The van der Waals surface area contributed by atoms with Gasteiger partial charge in [-0.1, -0.05) is 44.0 Å². The molecule has 0 spiro atoms. The van der Waals surface area contributed by atoms with Crippen LogP contribution in [0.25, 0.3) is 6.08 Å². The van der Waals surface area contributed by atoms with E-state index in [9.17, 15) is 13.2 Å². The minimum atomic E-state index is -3.83. The number of benzene rings is 1. The third-order valence-corrected chi connectivity index (χ3v) is 4.41. The molecule has 0 fully saturated rings. The maximum absolute atomic E-state index is 11.9. The lowest BCUT2D eigenvalue weighted by molar-refractivity contribution is -0.140. The van der Waals surface area contributed by atoms with Crippen LogP contribution in [-0.2, 0) is 14.8 Å². The predicted molar refractivity (Wildman–Crippen MR) is 83.4 cm³/mol. The summed E-state index contributed by atoms with van der Waals surface area (Å²) in [4.78, 5) is 11.1. The number of hydrogen-bond donors (Lipinski definition) is 2. The second kappa shape index (κ2) is 7.59. The van der Waals surface area contributed by atoms with Gasteiger partial charge in [0.2, 0.25) is 10.0 Å². The number of carboxylic acids is 1. The van der Waals surface area contributed by atoms with Crippen molar-refractivity contribution in [2.24, 2.45) is 5.92 Å². The van der Waals surface area contributed by atoms with E-state index >= 15 is 0 Å². The molecule has 5 nitrogen and oxygen atoms in total. The molecule has 0 saturated heterocycles. The molecule has 0 unspecified atom stereocenters. The zero-order valence-corrected chi connectivity index (χ0v) is 13.4. The Bertz CT molecular complexity index is 610. The lowest BCUT2D eigenvalue weighted by Gasteiger charge is -2.18. The highest BCUT2D eigenvalue weighted by atomic mass is 35.5. The highest BCUT2D eigenvalue weighted by molar-refractivity contribution is 7.92. The van der Waals surface area contributed by atoms with E-state index in [1.54, 1.807) is 38.1 Å². The Morgan fingerprint density at radius 2 is 1.95 bits per heavy atom. The molecule has 0 aliphatic carbocycles. The molecule has 116 valence electrons. The SMILES string of the molecule is CC[C@H](C)[C@H](NS(=O)(=O)/C=C/c1ccc(Cl)cc1)C(=O)O. The van der Waals surface area contributed by atoms with Crippen LogP contribution in [0.15, 0.2) is 29.7 Å². The normalized spacial score (nSPS) is 15.0. The molecule has 1 aromatic rings. The van der Waals surface area contributed by atoms with Crippen molar-refractivity contribution in [2.45, 2.75) is 26.3 Å². The van der Waals surface area contributed by atoms with Crippen LogP contribution >= 0.6 is 11.6 Å². The monoisotopic (exact) mass is 331 g/mol. The van der Waals surface area contributed by atoms with Crippen LogP contribution in [-0.4, -0.2) is 25.5 Å². The summed E-state index contributed by atoms with van der Waals surface area (Å²) in [6, 6.07) is 5.46. The first-order valence-electron chi connectivity index (χ1n) is 6.44. The summed E-state index contributed by atoms with van der Waals surface area (Å²) < 4.78 is 26.0. The highest BCUT2D eigenvalue weighted by Crippen LogP contribution is 2.12. The molecule has 0 aliphatic heterocycles. The van der Waals surface area contributed by atoms with Crippen LogP contribution in [0.2, 0.25) is 5.02 Å². The van der Waals surface area contributed by atoms with Crippen LogP contribution < -0.4 is 4.72 Å². The van der Waals surface area contributed by atoms with Crippen LogP contribution in [0.5, 0.6) is 0 Å². The lowest BCUT2D eigenvalue weighted by Crippen LogP contribution is -2.44. The van der Waals surface area contributed by atoms with E-state index in [0.717, 1.165) is 5.41 Å². The van der Waals surface area contributed by atoms with Gasteiger partial charge in [-0.2, -0.15) is 4.72 Å². The van der Waals surface area contributed by atoms with Crippen LogP contribution in [0.4, 0.5) is 0 Å². The van der Waals surface area contributed by atoms with Crippen molar-refractivity contribution in [3.8, 4) is 0 Å². The van der Waals surface area contributed by atoms with E-state index in [2.05, 4.69) is 4.72 Å². The van der Waals surface area contributed by atoms with E-state index < -0.39 is 22.0 Å². The molecule has 0 aromatic heterocycles. The lowest BCUT2D eigenvalue weighted by atomic mass is 10.0. The first-order chi connectivity index (χ1) is 9.75. The van der Waals surface area contributed by atoms with Gasteiger partial charge in [0.05, 0.1) is 0 Å². The van der Waals surface area contributed by atoms with Gasteiger partial charge in [0, 0.05) is 10.4 Å². The highest BCUT2D eigenvalue weighted by Gasteiger charge is 2.27. The van der Waals surface area contributed by atoms with Gasteiger partial charge in [0.25, 0.3) is 0 Å². The number of halogens is 1. The van der Waals surface area contributed by atoms with Gasteiger partial charge >= 0.3 is 5.97 Å². The zero-order chi connectivity index (χ0) is 16.0. The van der Waals surface area contributed by atoms with Gasteiger partial charge in [-0.15, -0.1) is 0 Å². The number of sulfonamides is 1. The molecule has 1 aromatic carbocycles. The second-order valence-electron chi connectivity index (χ2n) is 4.72. The predicted octanol–water partition coefficient (Wildman–Crippen LogP) is 2.73. The summed E-state index contributed by atoms with van der Waals surface area (Å²) in [5, 5.41) is 10.6. The minimum absolute atomic E-state index is 0.304. The van der Waals surface area contributed by atoms with E-state index in [4.69, 9.17) is 16.7 Å². The van der Waals surface area contributed by atoms with Crippen LogP contribution in [0.1, 0.15) is 25.8 Å². The van der Waals surface area contributed by atoms with Gasteiger partial charge in [-0.05, 0) is 29.7 Å². The van der Waals surface area contributed by atoms with E-state index in [1.807, 2.05) is 0 Å². The molecule has 1 rings (SSSR count). The van der Waals surface area contributed by atoms with Crippen molar-refractivity contribution in [2.75, 3.05) is 0 Å². The smallest absolute Gasteiger partial charge is 0.322 e. The summed E-state index contributed by atoms with van der Waals surface area (Å²) in [5.74, 6) is -1.49. The molecule has 0 amide bonds. The van der Waals surface area contributed by atoms with Crippen molar-refractivity contribution >= 4 is 33.7 Å². The van der Waals surface area contributed by atoms with Gasteiger partial charge < -0.3 is 5.11 Å². The summed E-state index contributed by atoms with van der Waals surface area (Å²) in [7, 11) is -3.83. The van der Waals surface area contributed by atoms with Gasteiger partial charge in [-0.25, -0.2) is 8.42 Å². The zero-order valence-electron chi connectivity index (χ0n) is 11.8. The third kappa shape index (κ3) is 5.87. The first-order valence-corrected chi connectivity index (χ1v) is 8.36. The molecule has 0 heterocycles. The molecule has 0 saturated carbocycles. The number of carboxylic acid groups (broad SMARTS) is 1. The summed E-state index contributed by atoms with van der Waals surface area (Å²) in [6.07, 6.45) is 1.94. The number of nitrogens with one attached hydrogen (secondary N) is 1. The van der Waals surface area contributed by atoms with Gasteiger partial charge in [0.1, 0.15) is 6.04 Å². The topological polar surface area (TPSA) is 83.5 Å². The molecular formula is C14H18ClNO4S. The van der Waals surface area contributed by atoms with Gasteiger partial charge in [-0.3, -0.25) is 4.79 Å².